The number of nitrogens with zero attached hydrogens (tertiary/aromatic N) is 1. The lowest BCUT2D eigenvalue weighted by Gasteiger charge is -2.23. The van der Waals surface area contributed by atoms with Gasteiger partial charge in [0, 0.05) is 11.4 Å². The van der Waals surface area contributed by atoms with Gasteiger partial charge in [0.2, 0.25) is 0 Å². The summed E-state index contributed by atoms with van der Waals surface area (Å²) in [7, 11) is 0. The number of benzene rings is 2. The Morgan fingerprint density at radius 3 is 2.57 bits per heavy atom. The van der Waals surface area contributed by atoms with Crippen LogP contribution in [0.5, 0.6) is 0 Å². The van der Waals surface area contributed by atoms with Crippen molar-refractivity contribution in [1.29, 1.82) is 0 Å². The minimum atomic E-state index is -0.460. The molecule has 23 heavy (non-hydrogen) atoms. The number of hydrogen-bond donors (Lipinski definition) is 0. The molecule has 0 aromatic heterocycles. The molecule has 0 amide bonds. The zero-order valence-corrected chi connectivity index (χ0v) is 13.6. The molecule has 0 unspecified atom stereocenters. The molecule has 120 valence electrons. The van der Waals surface area contributed by atoms with Gasteiger partial charge in [-0.15, -0.1) is 0 Å². The zero-order chi connectivity index (χ0) is 16.2. The van der Waals surface area contributed by atoms with Crippen LogP contribution in [0.25, 0.3) is 0 Å². The van der Waals surface area contributed by atoms with Crippen LogP contribution in [0.15, 0.2) is 54.6 Å². The average Bonchev–Trinajstić information content (AvgIpc) is 3.02. The minimum absolute atomic E-state index is 0.207. The fourth-order valence-electron chi connectivity index (χ4n) is 2.67. The number of ether oxygens (including phenoxy) is 1. The second-order valence-corrected chi connectivity index (χ2v) is 5.75. The van der Waals surface area contributed by atoms with Crippen molar-refractivity contribution in [2.45, 2.75) is 25.5 Å². The molecule has 0 N–H and O–H groups in total. The van der Waals surface area contributed by atoms with Crippen LogP contribution >= 0.6 is 11.6 Å². The van der Waals surface area contributed by atoms with Gasteiger partial charge >= 0.3 is 5.97 Å². The lowest BCUT2D eigenvalue weighted by Crippen LogP contribution is -2.36. The van der Waals surface area contributed by atoms with Crippen LogP contribution in [-0.2, 0) is 14.4 Å². The molecule has 1 fully saturated rings. The summed E-state index contributed by atoms with van der Waals surface area (Å²) in [5.41, 5.74) is 1.82. The number of para-hydroxylation sites is 1. The van der Waals surface area contributed by atoms with Gasteiger partial charge in [-0.2, -0.15) is 0 Å². The van der Waals surface area contributed by atoms with E-state index >= 15 is 0 Å². The summed E-state index contributed by atoms with van der Waals surface area (Å²) in [6.45, 7) is 2.15. The van der Waals surface area contributed by atoms with Crippen LogP contribution in [0.2, 0.25) is 5.02 Å². The third kappa shape index (κ3) is 3.49. The van der Waals surface area contributed by atoms with Crippen molar-refractivity contribution in [2.24, 2.45) is 0 Å². The van der Waals surface area contributed by atoms with E-state index < -0.39 is 6.04 Å². The third-order valence-corrected chi connectivity index (χ3v) is 4.02. The lowest BCUT2D eigenvalue weighted by molar-refractivity contribution is -0.145. The largest absolute Gasteiger partial charge is 0.464 e. The van der Waals surface area contributed by atoms with E-state index in [-0.39, 0.29) is 12.1 Å². The summed E-state index contributed by atoms with van der Waals surface area (Å²) in [6.07, 6.45) is 0.330. The van der Waals surface area contributed by atoms with E-state index in [1.807, 2.05) is 54.6 Å². The predicted molar refractivity (Wildman–Crippen MR) is 89.2 cm³/mol. The fraction of sp³-hybridized carbons (Fsp3) is 0.278. The topological polar surface area (TPSA) is 38.8 Å². The van der Waals surface area contributed by atoms with E-state index in [0.717, 1.165) is 11.3 Å². The Morgan fingerprint density at radius 1 is 1.22 bits per heavy atom. The van der Waals surface area contributed by atoms with E-state index in [1.165, 1.54) is 0 Å². The standard InChI is InChI=1S/C18H18ClNO3/c1-2-22-18(21)16-12-17(13-8-10-14(19)11-9-13)23-20(16)15-6-4-3-5-7-15/h3-11,16-17H,2,12H2,1H3/t16-,17+/m0/s1. The molecule has 2 atom stereocenters. The van der Waals surface area contributed by atoms with Crippen molar-refractivity contribution in [3.63, 3.8) is 0 Å². The molecule has 0 aliphatic carbocycles. The summed E-state index contributed by atoms with van der Waals surface area (Å²) in [5, 5.41) is 2.32. The summed E-state index contributed by atoms with van der Waals surface area (Å²) < 4.78 is 5.20. The molecule has 3 rings (SSSR count). The number of hydrogen-bond acceptors (Lipinski definition) is 4. The lowest BCUT2D eigenvalue weighted by atomic mass is 10.0. The number of rotatable bonds is 4. The number of anilines is 1. The summed E-state index contributed by atoms with van der Waals surface area (Å²) in [5.74, 6) is -0.271. The number of carbonyl (C=O) groups excluding carboxylic acids is 1. The van der Waals surface area contributed by atoms with Crippen molar-refractivity contribution < 1.29 is 14.4 Å². The van der Waals surface area contributed by atoms with Gasteiger partial charge in [-0.25, -0.2) is 9.86 Å². The quantitative estimate of drug-likeness (QED) is 0.789. The van der Waals surface area contributed by atoms with Crippen molar-refractivity contribution in [3.8, 4) is 0 Å². The Kier molecular flexibility index (Phi) is 4.84. The van der Waals surface area contributed by atoms with Gasteiger partial charge in [0.15, 0.2) is 6.04 Å². The van der Waals surface area contributed by atoms with E-state index in [2.05, 4.69) is 0 Å². The monoisotopic (exact) mass is 331 g/mol. The molecule has 1 heterocycles. The highest BCUT2D eigenvalue weighted by Gasteiger charge is 2.40. The van der Waals surface area contributed by atoms with Crippen LogP contribution in [0.3, 0.4) is 0 Å². The Labute approximate surface area is 140 Å². The molecular weight excluding hydrogens is 314 g/mol. The predicted octanol–water partition coefficient (Wildman–Crippen LogP) is 4.15. The molecule has 2 aromatic rings. The normalized spacial score (nSPS) is 20.5. The number of carbonyl (C=O) groups is 1. The maximum Gasteiger partial charge on any atom is 0.331 e. The van der Waals surface area contributed by atoms with Crippen LogP contribution in [0.1, 0.15) is 25.0 Å². The molecule has 0 radical (unpaired) electrons. The van der Waals surface area contributed by atoms with Crippen molar-refractivity contribution in [1.82, 2.24) is 0 Å². The highest BCUT2D eigenvalue weighted by molar-refractivity contribution is 6.30. The second-order valence-electron chi connectivity index (χ2n) is 5.31. The number of hydroxylamine groups is 1. The smallest absolute Gasteiger partial charge is 0.331 e. The number of halogens is 1. The average molecular weight is 332 g/mol. The van der Waals surface area contributed by atoms with Crippen molar-refractivity contribution in [2.75, 3.05) is 11.7 Å². The van der Waals surface area contributed by atoms with Crippen molar-refractivity contribution in [3.05, 3.63) is 65.2 Å². The first-order valence-electron chi connectivity index (χ1n) is 7.62. The molecule has 1 aliphatic heterocycles. The van der Waals surface area contributed by atoms with Gasteiger partial charge in [0.25, 0.3) is 0 Å². The molecular formula is C18H18ClNO3. The molecule has 1 aliphatic rings. The first-order valence-corrected chi connectivity index (χ1v) is 8.00. The summed E-state index contributed by atoms with van der Waals surface area (Å²) >= 11 is 5.94. The van der Waals surface area contributed by atoms with Gasteiger partial charge in [-0.05, 0) is 36.8 Å². The van der Waals surface area contributed by atoms with Gasteiger partial charge in [0.1, 0.15) is 6.10 Å². The van der Waals surface area contributed by atoms with Gasteiger partial charge in [0.05, 0.1) is 12.3 Å². The Bertz CT molecular complexity index is 660. The first kappa shape index (κ1) is 15.8. The molecule has 1 saturated heterocycles. The second kappa shape index (κ2) is 7.02. The maximum atomic E-state index is 12.3. The molecule has 0 spiro atoms. The fourth-order valence-corrected chi connectivity index (χ4v) is 2.80. The molecule has 5 heteroatoms. The minimum Gasteiger partial charge on any atom is -0.464 e. The number of esters is 1. The van der Waals surface area contributed by atoms with E-state index in [4.69, 9.17) is 21.2 Å². The van der Waals surface area contributed by atoms with Crippen molar-refractivity contribution >= 4 is 23.3 Å². The van der Waals surface area contributed by atoms with E-state index in [9.17, 15) is 4.79 Å². The van der Waals surface area contributed by atoms with Gasteiger partial charge in [-0.1, -0.05) is 41.9 Å². The molecule has 4 nitrogen and oxygen atoms in total. The Hall–Kier alpha value is -2.04. The molecule has 0 saturated carbocycles. The summed E-state index contributed by atoms with van der Waals surface area (Å²) in [6, 6.07) is 16.6. The SMILES string of the molecule is CCOC(=O)[C@@H]1C[C@H](c2ccc(Cl)cc2)ON1c1ccccc1. The van der Waals surface area contributed by atoms with Crippen LogP contribution < -0.4 is 5.06 Å². The maximum absolute atomic E-state index is 12.3. The molecule has 2 aromatic carbocycles. The van der Waals surface area contributed by atoms with Crippen LogP contribution in [0.4, 0.5) is 5.69 Å². The first-order chi connectivity index (χ1) is 11.2. The van der Waals surface area contributed by atoms with Gasteiger partial charge in [-0.3, -0.25) is 4.84 Å². The highest BCUT2D eigenvalue weighted by Crippen LogP contribution is 2.37. The Morgan fingerprint density at radius 2 is 1.91 bits per heavy atom. The van der Waals surface area contributed by atoms with Crippen LogP contribution in [0, 0.1) is 0 Å². The highest BCUT2D eigenvalue weighted by atomic mass is 35.5. The zero-order valence-electron chi connectivity index (χ0n) is 12.8. The van der Waals surface area contributed by atoms with Gasteiger partial charge < -0.3 is 4.74 Å². The summed E-state index contributed by atoms with van der Waals surface area (Å²) in [4.78, 5) is 18.3. The molecule has 0 bridgehead atoms. The van der Waals surface area contributed by atoms with E-state index in [1.54, 1.807) is 12.0 Å². The van der Waals surface area contributed by atoms with E-state index in [0.29, 0.717) is 18.1 Å². The Balaban J connectivity index is 1.86. The third-order valence-electron chi connectivity index (χ3n) is 3.77. The van der Waals surface area contributed by atoms with Crippen LogP contribution in [-0.4, -0.2) is 18.6 Å².